The third-order valence-corrected chi connectivity index (χ3v) is 6.12. The van der Waals surface area contributed by atoms with Crippen molar-refractivity contribution in [2.24, 2.45) is 11.8 Å². The fourth-order valence-corrected chi connectivity index (χ4v) is 4.07. The Bertz CT molecular complexity index is 659. The summed E-state index contributed by atoms with van der Waals surface area (Å²) in [5.41, 5.74) is 2.05. The van der Waals surface area contributed by atoms with E-state index in [2.05, 4.69) is 35.0 Å². The van der Waals surface area contributed by atoms with E-state index in [9.17, 15) is 13.5 Å². The van der Waals surface area contributed by atoms with Gasteiger partial charge in [-0.05, 0) is 18.4 Å². The standard InChI is InChI=1S/C15H28N4O3S.CH2O2/c1-11(2)5-13-6-14(17-16-13)8-19-7-12(15(20)9-19)10-23(21,22)18(3)4;2-1-3/h6,11-12,15,20H,5,7-10H2,1-4H3,(H,16,17);1H,(H,2,3)/t12-,15+;/m0./s1. The van der Waals surface area contributed by atoms with Crippen molar-refractivity contribution in [3.8, 4) is 0 Å². The lowest BCUT2D eigenvalue weighted by Gasteiger charge is -2.17. The number of β-amino-alcohol motifs (C(OH)–C–C–N with tert-alkyl or cyclic N) is 1. The quantitative estimate of drug-likeness (QED) is 0.559. The number of rotatable bonds is 7. The molecule has 1 aliphatic heterocycles. The molecule has 0 amide bonds. The molecule has 1 aromatic rings. The smallest absolute Gasteiger partial charge is 0.290 e. The molecule has 150 valence electrons. The maximum Gasteiger partial charge on any atom is 0.290 e. The second-order valence-electron chi connectivity index (χ2n) is 7.17. The Morgan fingerprint density at radius 2 is 2.04 bits per heavy atom. The van der Waals surface area contributed by atoms with Crippen LogP contribution >= 0.6 is 0 Å². The number of likely N-dealkylation sites (tertiary alicyclic amines) is 1. The lowest BCUT2D eigenvalue weighted by molar-refractivity contribution is -0.122. The van der Waals surface area contributed by atoms with Gasteiger partial charge in [0.2, 0.25) is 10.0 Å². The molecule has 1 aromatic heterocycles. The van der Waals surface area contributed by atoms with Crippen LogP contribution in [0.1, 0.15) is 25.2 Å². The molecule has 0 bridgehead atoms. The summed E-state index contributed by atoms with van der Waals surface area (Å²) in [6, 6.07) is 2.05. The molecule has 10 heteroatoms. The fraction of sp³-hybridized carbons (Fsp3) is 0.750. The van der Waals surface area contributed by atoms with Gasteiger partial charge in [-0.25, -0.2) is 12.7 Å². The number of aromatic amines is 1. The number of hydrogen-bond acceptors (Lipinski definition) is 6. The second-order valence-corrected chi connectivity index (χ2v) is 9.40. The molecule has 3 N–H and O–H groups in total. The van der Waals surface area contributed by atoms with Crippen molar-refractivity contribution in [1.82, 2.24) is 19.4 Å². The number of nitrogens with zero attached hydrogens (tertiary/aromatic N) is 3. The first-order chi connectivity index (χ1) is 12.1. The monoisotopic (exact) mass is 390 g/mol. The minimum absolute atomic E-state index is 0.0146. The normalized spacial score (nSPS) is 21.0. The van der Waals surface area contributed by atoms with E-state index in [0.29, 0.717) is 25.6 Å². The number of aliphatic hydroxyl groups is 1. The van der Waals surface area contributed by atoms with E-state index in [4.69, 9.17) is 9.90 Å². The average Bonchev–Trinajstić information content (AvgIpc) is 3.06. The van der Waals surface area contributed by atoms with Crippen LogP contribution in [-0.2, 0) is 27.8 Å². The van der Waals surface area contributed by atoms with Crippen LogP contribution in [0.2, 0.25) is 0 Å². The molecule has 26 heavy (non-hydrogen) atoms. The molecule has 2 rings (SSSR count). The number of aromatic nitrogens is 2. The first-order valence-electron chi connectivity index (χ1n) is 8.50. The second kappa shape index (κ2) is 10.0. The summed E-state index contributed by atoms with van der Waals surface area (Å²) >= 11 is 0. The zero-order valence-corrected chi connectivity index (χ0v) is 16.6. The molecule has 0 radical (unpaired) electrons. The molecule has 0 spiro atoms. The van der Waals surface area contributed by atoms with Crippen LogP contribution in [-0.4, -0.2) is 83.5 Å². The predicted octanol–water partition coefficient (Wildman–Crippen LogP) is -0.00690. The summed E-state index contributed by atoms with van der Waals surface area (Å²) in [6.07, 6.45) is 0.325. The van der Waals surface area contributed by atoms with Crippen molar-refractivity contribution in [3.63, 3.8) is 0 Å². The van der Waals surface area contributed by atoms with E-state index >= 15 is 0 Å². The zero-order chi connectivity index (χ0) is 19.9. The maximum atomic E-state index is 12.0. The molecule has 9 nitrogen and oxygen atoms in total. The summed E-state index contributed by atoms with van der Waals surface area (Å²) in [5, 5.41) is 24.4. The highest BCUT2D eigenvalue weighted by Gasteiger charge is 2.35. The highest BCUT2D eigenvalue weighted by Crippen LogP contribution is 2.21. The molecule has 0 unspecified atom stereocenters. The maximum absolute atomic E-state index is 12.0. The summed E-state index contributed by atoms with van der Waals surface area (Å²) in [4.78, 5) is 10.4. The Morgan fingerprint density at radius 1 is 1.42 bits per heavy atom. The minimum Gasteiger partial charge on any atom is -0.483 e. The van der Waals surface area contributed by atoms with Crippen molar-refractivity contribution in [1.29, 1.82) is 0 Å². The zero-order valence-electron chi connectivity index (χ0n) is 15.8. The van der Waals surface area contributed by atoms with Gasteiger partial charge >= 0.3 is 0 Å². The van der Waals surface area contributed by atoms with Gasteiger partial charge in [0.25, 0.3) is 6.47 Å². The van der Waals surface area contributed by atoms with Gasteiger partial charge in [-0.15, -0.1) is 0 Å². The highest BCUT2D eigenvalue weighted by molar-refractivity contribution is 7.89. The van der Waals surface area contributed by atoms with Crippen LogP contribution in [0.5, 0.6) is 0 Å². The van der Waals surface area contributed by atoms with Gasteiger partial charge in [-0.3, -0.25) is 14.8 Å². The van der Waals surface area contributed by atoms with Crippen LogP contribution in [0.4, 0.5) is 0 Å². The average molecular weight is 391 g/mol. The Kier molecular flexibility index (Phi) is 8.68. The van der Waals surface area contributed by atoms with Crippen LogP contribution in [0, 0.1) is 11.8 Å². The molecule has 1 saturated heterocycles. The number of carbonyl (C=O) groups is 1. The largest absolute Gasteiger partial charge is 0.483 e. The summed E-state index contributed by atoms with van der Waals surface area (Å²) < 4.78 is 25.2. The molecular formula is C16H30N4O5S. The third kappa shape index (κ3) is 7.02. The van der Waals surface area contributed by atoms with E-state index < -0.39 is 16.1 Å². The van der Waals surface area contributed by atoms with E-state index in [1.807, 2.05) is 0 Å². The molecule has 0 aliphatic carbocycles. The third-order valence-electron chi connectivity index (χ3n) is 4.16. The number of aliphatic hydroxyl groups excluding tert-OH is 1. The van der Waals surface area contributed by atoms with Crippen LogP contribution < -0.4 is 0 Å². The SMILES string of the molecule is CC(C)Cc1cc(CN2C[C@@H](CS(=O)(=O)N(C)C)[C@H](O)C2)[nH]n1.O=CO. The summed E-state index contributed by atoms with van der Waals surface area (Å²) in [6.45, 7) is 5.78. The Labute approximate surface area is 155 Å². The first kappa shape index (κ1) is 22.6. The Balaban J connectivity index is 0.00000105. The van der Waals surface area contributed by atoms with Crippen molar-refractivity contribution in [2.75, 3.05) is 32.9 Å². The summed E-state index contributed by atoms with van der Waals surface area (Å²) in [5.74, 6) is 0.292. The first-order valence-corrected chi connectivity index (χ1v) is 10.1. The van der Waals surface area contributed by atoms with Crippen LogP contribution in [0.3, 0.4) is 0 Å². The number of hydrogen-bond donors (Lipinski definition) is 3. The lowest BCUT2D eigenvalue weighted by atomic mass is 10.1. The minimum atomic E-state index is -3.29. The Morgan fingerprint density at radius 3 is 2.58 bits per heavy atom. The number of sulfonamides is 1. The molecule has 0 aromatic carbocycles. The molecule has 1 aliphatic rings. The topological polar surface area (TPSA) is 127 Å². The van der Waals surface area contributed by atoms with Gasteiger partial charge in [-0.1, -0.05) is 13.8 Å². The van der Waals surface area contributed by atoms with Crippen molar-refractivity contribution >= 4 is 16.5 Å². The van der Waals surface area contributed by atoms with E-state index in [0.717, 1.165) is 17.8 Å². The predicted molar refractivity (Wildman–Crippen MR) is 98.1 cm³/mol. The van der Waals surface area contributed by atoms with Gasteiger partial charge in [0, 0.05) is 45.3 Å². The molecule has 1 fully saturated rings. The fourth-order valence-electron chi connectivity index (χ4n) is 2.91. The van der Waals surface area contributed by atoms with Gasteiger partial charge in [0.1, 0.15) is 0 Å². The van der Waals surface area contributed by atoms with Gasteiger partial charge < -0.3 is 10.2 Å². The van der Waals surface area contributed by atoms with E-state index in [-0.39, 0.29) is 18.1 Å². The van der Waals surface area contributed by atoms with Gasteiger partial charge in [-0.2, -0.15) is 5.10 Å². The molecule has 2 atom stereocenters. The van der Waals surface area contributed by atoms with Crippen LogP contribution in [0.25, 0.3) is 0 Å². The number of H-pyrrole nitrogens is 1. The van der Waals surface area contributed by atoms with Gasteiger partial charge in [0.15, 0.2) is 0 Å². The number of carboxylic acid groups (broad SMARTS) is 1. The number of nitrogens with one attached hydrogen (secondary N) is 1. The van der Waals surface area contributed by atoms with Gasteiger partial charge in [0.05, 0.1) is 17.6 Å². The summed E-state index contributed by atoms with van der Waals surface area (Å²) in [7, 11) is -0.247. The van der Waals surface area contributed by atoms with E-state index in [1.54, 1.807) is 0 Å². The lowest BCUT2D eigenvalue weighted by Crippen LogP contribution is -2.33. The Hall–Kier alpha value is -1.49. The van der Waals surface area contributed by atoms with E-state index in [1.165, 1.54) is 18.4 Å². The van der Waals surface area contributed by atoms with Crippen molar-refractivity contribution < 1.29 is 23.4 Å². The molecule has 2 heterocycles. The van der Waals surface area contributed by atoms with Crippen molar-refractivity contribution in [3.05, 3.63) is 17.5 Å². The van der Waals surface area contributed by atoms with Crippen molar-refractivity contribution in [2.45, 2.75) is 32.9 Å². The molecular weight excluding hydrogens is 360 g/mol. The van der Waals surface area contributed by atoms with Crippen LogP contribution in [0.15, 0.2) is 6.07 Å². The highest BCUT2D eigenvalue weighted by atomic mass is 32.2. The molecule has 0 saturated carbocycles.